The van der Waals surface area contributed by atoms with Crippen molar-refractivity contribution in [2.24, 2.45) is 5.84 Å². The van der Waals surface area contributed by atoms with E-state index in [9.17, 15) is 5.11 Å². The number of ether oxygens (including phenoxy) is 1. The molecule has 1 atom stereocenters. The van der Waals surface area contributed by atoms with Crippen LogP contribution in [-0.2, 0) is 0 Å². The predicted octanol–water partition coefficient (Wildman–Crippen LogP) is 0.519. The Morgan fingerprint density at radius 1 is 1.26 bits per heavy atom. The molecule has 0 spiro atoms. The Labute approximate surface area is 112 Å². The van der Waals surface area contributed by atoms with Gasteiger partial charge in [-0.3, -0.25) is 5.43 Å². The number of hydrazine groups is 1. The minimum Gasteiger partial charge on any atom is -0.463 e. The molecule has 1 aromatic heterocycles. The topological polar surface area (TPSA) is 118 Å². The number of hydrogen-bond acceptors (Lipinski definition) is 8. The number of nitrogens with two attached hydrogens (primary N) is 1. The summed E-state index contributed by atoms with van der Waals surface area (Å²) >= 11 is 0. The van der Waals surface area contributed by atoms with E-state index in [0.717, 1.165) is 12.8 Å². The van der Waals surface area contributed by atoms with Crippen molar-refractivity contribution in [1.29, 1.82) is 0 Å². The first-order valence-electron chi connectivity index (χ1n) is 6.47. The molecule has 19 heavy (non-hydrogen) atoms. The van der Waals surface area contributed by atoms with Gasteiger partial charge in [-0.05, 0) is 19.3 Å². The summed E-state index contributed by atoms with van der Waals surface area (Å²) in [4.78, 5) is 12.1. The molecule has 8 heteroatoms. The van der Waals surface area contributed by atoms with E-state index in [4.69, 9.17) is 10.6 Å². The third-order valence-corrected chi connectivity index (χ3v) is 2.41. The van der Waals surface area contributed by atoms with Crippen LogP contribution in [0.5, 0.6) is 6.01 Å². The molecule has 1 unspecified atom stereocenters. The van der Waals surface area contributed by atoms with Gasteiger partial charge in [0.05, 0.1) is 12.7 Å². The molecule has 0 fully saturated rings. The highest BCUT2D eigenvalue weighted by atomic mass is 16.5. The number of hydrogen-bond donors (Lipinski definition) is 4. The van der Waals surface area contributed by atoms with Crippen molar-refractivity contribution >= 4 is 11.9 Å². The fraction of sp³-hybridized carbons (Fsp3) is 0.727. The first kappa shape index (κ1) is 15.4. The van der Waals surface area contributed by atoms with E-state index in [1.807, 2.05) is 13.8 Å². The van der Waals surface area contributed by atoms with Crippen LogP contribution in [0.4, 0.5) is 11.9 Å². The van der Waals surface area contributed by atoms with Crippen LogP contribution in [0.2, 0.25) is 0 Å². The Morgan fingerprint density at radius 2 is 2.00 bits per heavy atom. The van der Waals surface area contributed by atoms with E-state index in [1.165, 1.54) is 0 Å². The minimum atomic E-state index is -0.322. The van der Waals surface area contributed by atoms with Crippen molar-refractivity contribution in [2.45, 2.75) is 39.2 Å². The molecule has 0 bridgehead atoms. The normalized spacial score (nSPS) is 12.0. The van der Waals surface area contributed by atoms with Crippen LogP contribution in [0.15, 0.2) is 0 Å². The van der Waals surface area contributed by atoms with E-state index in [1.54, 1.807) is 0 Å². The Balaban J connectivity index is 2.60. The lowest BCUT2D eigenvalue weighted by Gasteiger charge is -2.10. The number of anilines is 2. The van der Waals surface area contributed by atoms with Crippen LogP contribution < -0.4 is 21.3 Å². The summed E-state index contributed by atoms with van der Waals surface area (Å²) in [5.41, 5.74) is 2.36. The van der Waals surface area contributed by atoms with E-state index in [0.29, 0.717) is 25.5 Å². The van der Waals surface area contributed by atoms with Crippen LogP contribution in [-0.4, -0.2) is 39.3 Å². The largest absolute Gasteiger partial charge is 0.463 e. The lowest BCUT2D eigenvalue weighted by molar-refractivity contribution is 0.164. The summed E-state index contributed by atoms with van der Waals surface area (Å²) < 4.78 is 5.34. The third-order valence-electron chi connectivity index (χ3n) is 2.41. The molecule has 8 nitrogen and oxygen atoms in total. The van der Waals surface area contributed by atoms with Gasteiger partial charge < -0.3 is 15.2 Å². The average Bonchev–Trinajstić information content (AvgIpc) is 2.44. The van der Waals surface area contributed by atoms with Crippen LogP contribution in [0.1, 0.15) is 33.1 Å². The van der Waals surface area contributed by atoms with Gasteiger partial charge in [-0.1, -0.05) is 13.8 Å². The molecule has 108 valence electrons. The highest BCUT2D eigenvalue weighted by Gasteiger charge is 2.07. The second-order valence-corrected chi connectivity index (χ2v) is 4.04. The fourth-order valence-corrected chi connectivity index (χ4v) is 1.31. The molecule has 0 aliphatic heterocycles. The molecule has 1 aromatic rings. The molecule has 0 radical (unpaired) electrons. The fourth-order valence-electron chi connectivity index (χ4n) is 1.31. The molecular weight excluding hydrogens is 248 g/mol. The lowest BCUT2D eigenvalue weighted by Crippen LogP contribution is -2.17. The highest BCUT2D eigenvalue weighted by Crippen LogP contribution is 2.11. The molecule has 0 aromatic carbocycles. The maximum atomic E-state index is 9.46. The first-order chi connectivity index (χ1) is 9.19. The van der Waals surface area contributed by atoms with Gasteiger partial charge in [0.25, 0.3) is 0 Å². The van der Waals surface area contributed by atoms with E-state index in [-0.39, 0.29) is 18.1 Å². The average molecular weight is 270 g/mol. The summed E-state index contributed by atoms with van der Waals surface area (Å²) in [6.07, 6.45) is 1.89. The Hall–Kier alpha value is -1.67. The van der Waals surface area contributed by atoms with Gasteiger partial charge in [0.2, 0.25) is 11.9 Å². The number of aliphatic hydroxyl groups is 1. The molecule has 1 heterocycles. The van der Waals surface area contributed by atoms with Gasteiger partial charge >= 0.3 is 6.01 Å². The summed E-state index contributed by atoms with van der Waals surface area (Å²) in [7, 11) is 0. The second-order valence-electron chi connectivity index (χ2n) is 4.04. The quantitative estimate of drug-likeness (QED) is 0.379. The molecular formula is C11H22N6O2. The Bertz CT molecular complexity index is 376. The van der Waals surface area contributed by atoms with Crippen molar-refractivity contribution in [2.75, 3.05) is 23.9 Å². The van der Waals surface area contributed by atoms with Gasteiger partial charge in [-0.2, -0.15) is 15.0 Å². The van der Waals surface area contributed by atoms with Crippen LogP contribution >= 0.6 is 0 Å². The minimum absolute atomic E-state index is 0.225. The summed E-state index contributed by atoms with van der Waals surface area (Å²) in [5, 5.41) is 12.5. The van der Waals surface area contributed by atoms with Crippen molar-refractivity contribution in [3.8, 4) is 6.01 Å². The summed E-state index contributed by atoms with van der Waals surface area (Å²) in [5.74, 6) is 5.90. The maximum absolute atomic E-state index is 9.46. The zero-order chi connectivity index (χ0) is 14.1. The molecule has 0 saturated carbocycles. The summed E-state index contributed by atoms with van der Waals surface area (Å²) in [6, 6.07) is 0.225. The first-order valence-corrected chi connectivity index (χ1v) is 6.47. The molecule has 0 saturated heterocycles. The van der Waals surface area contributed by atoms with Gasteiger partial charge in [0, 0.05) is 6.54 Å². The number of nitrogen functional groups attached to an aromatic ring is 1. The zero-order valence-corrected chi connectivity index (χ0v) is 11.4. The highest BCUT2D eigenvalue weighted by molar-refractivity contribution is 5.34. The number of nitrogens with zero attached hydrogens (tertiary/aromatic N) is 3. The number of rotatable bonds is 9. The number of nitrogens with one attached hydrogen (secondary N) is 2. The van der Waals surface area contributed by atoms with E-state index >= 15 is 0 Å². The monoisotopic (exact) mass is 270 g/mol. The molecule has 5 N–H and O–H groups in total. The van der Waals surface area contributed by atoms with Gasteiger partial charge in [-0.15, -0.1) is 0 Å². The van der Waals surface area contributed by atoms with Gasteiger partial charge in [0.1, 0.15) is 0 Å². The Morgan fingerprint density at radius 3 is 2.63 bits per heavy atom. The zero-order valence-electron chi connectivity index (χ0n) is 11.4. The van der Waals surface area contributed by atoms with Crippen molar-refractivity contribution in [3.05, 3.63) is 0 Å². The predicted molar refractivity (Wildman–Crippen MR) is 72.8 cm³/mol. The van der Waals surface area contributed by atoms with Crippen molar-refractivity contribution in [3.63, 3.8) is 0 Å². The molecule has 1 rings (SSSR count). The summed E-state index contributed by atoms with van der Waals surface area (Å²) in [6.45, 7) is 5.02. The van der Waals surface area contributed by atoms with Gasteiger partial charge in [0.15, 0.2) is 0 Å². The van der Waals surface area contributed by atoms with E-state index < -0.39 is 0 Å². The number of aliphatic hydroxyl groups excluding tert-OH is 1. The SMILES string of the molecule is CCCOc1nc(NN)nc(NCCC(O)CC)n1. The standard InChI is InChI=1S/C11H22N6O2/c1-3-7-19-11-15-9(14-10(16-11)17-12)13-6-5-8(18)4-2/h8,18H,3-7,12H2,1-2H3,(H2,13,14,15,16,17). The van der Waals surface area contributed by atoms with Gasteiger partial charge in [-0.25, -0.2) is 5.84 Å². The van der Waals surface area contributed by atoms with Crippen LogP contribution in [0.25, 0.3) is 0 Å². The van der Waals surface area contributed by atoms with Crippen molar-refractivity contribution < 1.29 is 9.84 Å². The smallest absolute Gasteiger partial charge is 0.323 e. The Kier molecular flexibility index (Phi) is 6.83. The molecule has 0 amide bonds. The van der Waals surface area contributed by atoms with Crippen molar-refractivity contribution in [1.82, 2.24) is 15.0 Å². The second kappa shape index (κ2) is 8.44. The van der Waals surface area contributed by atoms with Crippen LogP contribution in [0.3, 0.4) is 0 Å². The molecule has 0 aliphatic rings. The van der Waals surface area contributed by atoms with E-state index in [2.05, 4.69) is 25.7 Å². The third kappa shape index (κ3) is 5.66. The van der Waals surface area contributed by atoms with Crippen LogP contribution in [0, 0.1) is 0 Å². The number of aromatic nitrogens is 3. The molecule has 0 aliphatic carbocycles. The lowest BCUT2D eigenvalue weighted by atomic mass is 10.2. The maximum Gasteiger partial charge on any atom is 0.323 e.